The predicted molar refractivity (Wildman–Crippen MR) is 97.7 cm³/mol. The first kappa shape index (κ1) is 16.7. The van der Waals surface area contributed by atoms with Crippen molar-refractivity contribution in [3.05, 3.63) is 66.0 Å². The molecule has 0 atom stereocenters. The molecule has 6 heteroatoms. The number of aryl methyl sites for hydroxylation is 1. The molecule has 0 bridgehead atoms. The van der Waals surface area contributed by atoms with Gasteiger partial charge in [0.05, 0.1) is 23.6 Å². The van der Waals surface area contributed by atoms with E-state index >= 15 is 0 Å². The average Bonchev–Trinajstić information content (AvgIpc) is 3.07. The van der Waals surface area contributed by atoms with E-state index in [4.69, 9.17) is 0 Å². The molecule has 0 aliphatic heterocycles. The molecule has 3 aromatic rings. The van der Waals surface area contributed by atoms with Crippen LogP contribution in [0.3, 0.4) is 0 Å². The molecule has 1 aromatic heterocycles. The topological polar surface area (TPSA) is 68.5 Å². The van der Waals surface area contributed by atoms with Gasteiger partial charge in [-0.2, -0.15) is 0 Å². The van der Waals surface area contributed by atoms with E-state index in [1.807, 2.05) is 36.7 Å². The van der Waals surface area contributed by atoms with E-state index in [2.05, 4.69) is 30.9 Å². The van der Waals surface area contributed by atoms with Crippen LogP contribution in [0.5, 0.6) is 0 Å². The minimum Gasteiger partial charge on any atom is -0.399 e. The number of oxime groups is 1. The molecule has 0 unspecified atom stereocenters. The van der Waals surface area contributed by atoms with Crippen LogP contribution >= 0.6 is 0 Å². The Bertz CT molecular complexity index is 869. The van der Waals surface area contributed by atoms with E-state index in [9.17, 15) is 4.79 Å². The highest BCUT2D eigenvalue weighted by atomic mass is 16.6. The summed E-state index contributed by atoms with van der Waals surface area (Å²) in [6, 6.07) is 15.2. The number of aromatic nitrogens is 2. The summed E-state index contributed by atoms with van der Waals surface area (Å²) >= 11 is 0. The minimum absolute atomic E-state index is 0.0780. The van der Waals surface area contributed by atoms with Gasteiger partial charge in [-0.25, -0.2) is 4.98 Å². The lowest BCUT2D eigenvalue weighted by Crippen LogP contribution is -2.25. The number of hydrogen-bond donors (Lipinski definition) is 1. The normalized spacial score (nSPS) is 11.1. The van der Waals surface area contributed by atoms with E-state index < -0.39 is 0 Å². The molecule has 1 amide bonds. The van der Waals surface area contributed by atoms with Crippen molar-refractivity contribution >= 4 is 23.2 Å². The fourth-order valence-electron chi connectivity index (χ4n) is 2.58. The van der Waals surface area contributed by atoms with E-state index in [1.165, 1.54) is 7.11 Å². The van der Waals surface area contributed by atoms with Crippen molar-refractivity contribution < 1.29 is 9.63 Å². The van der Waals surface area contributed by atoms with Crippen LogP contribution in [0.15, 0.2) is 60.0 Å². The van der Waals surface area contributed by atoms with E-state index in [0.29, 0.717) is 12.1 Å². The first-order valence-electron chi connectivity index (χ1n) is 8.12. The maximum Gasteiger partial charge on any atom is 0.251 e. The second-order valence-corrected chi connectivity index (χ2v) is 5.58. The molecule has 0 spiro atoms. The summed E-state index contributed by atoms with van der Waals surface area (Å²) in [6.45, 7) is 1.42. The van der Waals surface area contributed by atoms with Crippen LogP contribution in [0.1, 0.15) is 22.3 Å². The van der Waals surface area contributed by atoms with Gasteiger partial charge in [-0.05, 0) is 36.2 Å². The third-order valence-corrected chi connectivity index (χ3v) is 3.87. The van der Waals surface area contributed by atoms with Gasteiger partial charge in [0, 0.05) is 18.7 Å². The number of benzene rings is 2. The van der Waals surface area contributed by atoms with Crippen molar-refractivity contribution in [3.8, 4) is 0 Å². The Morgan fingerprint density at radius 2 is 2.04 bits per heavy atom. The second kappa shape index (κ2) is 8.10. The summed E-state index contributed by atoms with van der Waals surface area (Å²) in [7, 11) is 1.49. The standard InChI is InChI=1S/C19H20N4O2/c1-25-22-13-15-7-9-16(10-8-15)19(24)20-11-4-12-23-14-21-17-5-2-3-6-18(17)23/h2-3,5-10,13-14H,4,11-12H2,1H3,(H,20,24)/b22-13+. The summed E-state index contributed by atoms with van der Waals surface area (Å²) in [5.41, 5.74) is 3.61. The molecule has 2 aromatic carbocycles. The monoisotopic (exact) mass is 336 g/mol. The molecule has 0 fully saturated rings. The van der Waals surface area contributed by atoms with Gasteiger partial charge in [0.1, 0.15) is 7.11 Å². The van der Waals surface area contributed by atoms with E-state index in [-0.39, 0.29) is 5.91 Å². The van der Waals surface area contributed by atoms with Crippen LogP contribution in [-0.2, 0) is 11.4 Å². The zero-order chi connectivity index (χ0) is 17.5. The highest BCUT2D eigenvalue weighted by Gasteiger charge is 2.05. The third-order valence-electron chi connectivity index (χ3n) is 3.87. The Morgan fingerprint density at radius 1 is 1.24 bits per heavy atom. The average molecular weight is 336 g/mol. The smallest absolute Gasteiger partial charge is 0.251 e. The molecule has 6 nitrogen and oxygen atoms in total. The molecule has 25 heavy (non-hydrogen) atoms. The molecule has 0 radical (unpaired) electrons. The van der Waals surface area contributed by atoms with Gasteiger partial charge in [0.2, 0.25) is 0 Å². The van der Waals surface area contributed by atoms with Crippen LogP contribution in [0.2, 0.25) is 0 Å². The largest absolute Gasteiger partial charge is 0.399 e. The number of imidazole rings is 1. The number of para-hydroxylation sites is 2. The SMILES string of the molecule is CO/N=C/c1ccc(C(=O)NCCCn2cnc3ccccc32)cc1. The molecule has 0 aliphatic carbocycles. The van der Waals surface area contributed by atoms with Gasteiger partial charge in [-0.3, -0.25) is 4.79 Å². The number of fused-ring (bicyclic) bond motifs is 1. The molecular weight excluding hydrogens is 316 g/mol. The number of nitrogens with one attached hydrogen (secondary N) is 1. The van der Waals surface area contributed by atoms with Gasteiger partial charge < -0.3 is 14.7 Å². The Balaban J connectivity index is 1.48. The first-order valence-corrected chi connectivity index (χ1v) is 8.12. The van der Waals surface area contributed by atoms with Gasteiger partial charge >= 0.3 is 0 Å². The summed E-state index contributed by atoms with van der Waals surface area (Å²) in [6.07, 6.45) is 4.27. The maximum absolute atomic E-state index is 12.2. The van der Waals surface area contributed by atoms with Crippen LogP contribution in [0.25, 0.3) is 11.0 Å². The molecule has 128 valence electrons. The molecular formula is C19H20N4O2. The number of nitrogens with zero attached hydrogens (tertiary/aromatic N) is 3. The zero-order valence-corrected chi connectivity index (χ0v) is 14.1. The van der Waals surface area contributed by atoms with Gasteiger partial charge in [-0.15, -0.1) is 0 Å². The lowest BCUT2D eigenvalue weighted by Gasteiger charge is -2.07. The minimum atomic E-state index is -0.0780. The van der Waals surface area contributed by atoms with Crippen LogP contribution in [0, 0.1) is 0 Å². The highest BCUT2D eigenvalue weighted by Crippen LogP contribution is 2.12. The lowest BCUT2D eigenvalue weighted by atomic mass is 10.1. The van der Waals surface area contributed by atoms with Gasteiger partial charge in [0.15, 0.2) is 0 Å². The van der Waals surface area contributed by atoms with E-state index in [1.54, 1.807) is 18.3 Å². The Morgan fingerprint density at radius 3 is 2.84 bits per heavy atom. The molecule has 3 rings (SSSR count). The van der Waals surface area contributed by atoms with Crippen molar-refractivity contribution in [3.63, 3.8) is 0 Å². The second-order valence-electron chi connectivity index (χ2n) is 5.58. The third kappa shape index (κ3) is 4.23. The van der Waals surface area contributed by atoms with Gasteiger partial charge in [0.25, 0.3) is 5.91 Å². The molecule has 1 heterocycles. The van der Waals surface area contributed by atoms with Crippen molar-refractivity contribution in [1.29, 1.82) is 0 Å². The van der Waals surface area contributed by atoms with Crippen molar-refractivity contribution in [1.82, 2.24) is 14.9 Å². The van der Waals surface area contributed by atoms with Crippen molar-refractivity contribution in [2.75, 3.05) is 13.7 Å². The Labute approximate surface area is 146 Å². The number of carbonyl (C=O) groups is 1. The maximum atomic E-state index is 12.2. The number of amides is 1. The fraction of sp³-hybridized carbons (Fsp3) is 0.211. The van der Waals surface area contributed by atoms with Crippen molar-refractivity contribution in [2.24, 2.45) is 5.16 Å². The zero-order valence-electron chi connectivity index (χ0n) is 14.1. The fourth-order valence-corrected chi connectivity index (χ4v) is 2.58. The summed E-state index contributed by atoms with van der Waals surface area (Å²) < 4.78 is 2.10. The number of rotatable bonds is 7. The summed E-state index contributed by atoms with van der Waals surface area (Å²) in [5, 5.41) is 6.63. The molecule has 1 N–H and O–H groups in total. The number of hydrogen-bond acceptors (Lipinski definition) is 4. The number of carbonyl (C=O) groups excluding carboxylic acids is 1. The van der Waals surface area contributed by atoms with Crippen molar-refractivity contribution in [2.45, 2.75) is 13.0 Å². The summed E-state index contributed by atoms with van der Waals surface area (Å²) in [5.74, 6) is -0.0780. The quantitative estimate of drug-likeness (QED) is 0.410. The van der Waals surface area contributed by atoms with Crippen LogP contribution < -0.4 is 5.32 Å². The molecule has 0 saturated carbocycles. The summed E-state index contributed by atoms with van der Waals surface area (Å²) in [4.78, 5) is 21.2. The van der Waals surface area contributed by atoms with E-state index in [0.717, 1.165) is 29.6 Å². The van der Waals surface area contributed by atoms with Crippen LogP contribution in [-0.4, -0.2) is 35.3 Å². The van der Waals surface area contributed by atoms with Gasteiger partial charge in [-0.1, -0.05) is 29.4 Å². The first-order chi connectivity index (χ1) is 12.3. The predicted octanol–water partition coefficient (Wildman–Crippen LogP) is 2.84. The Kier molecular flexibility index (Phi) is 5.41. The van der Waals surface area contributed by atoms with Crippen LogP contribution in [0.4, 0.5) is 0 Å². The molecule has 0 aliphatic rings. The molecule has 0 saturated heterocycles. The highest BCUT2D eigenvalue weighted by molar-refractivity contribution is 5.95. The Hall–Kier alpha value is -3.15. The lowest BCUT2D eigenvalue weighted by molar-refractivity contribution is 0.0953.